The highest BCUT2D eigenvalue weighted by Crippen LogP contribution is 2.40. The molecule has 0 radical (unpaired) electrons. The Hall–Kier alpha value is -0.886. The van der Waals surface area contributed by atoms with Gasteiger partial charge in [0.05, 0.1) is 6.61 Å². The molecule has 2 fully saturated rings. The van der Waals surface area contributed by atoms with E-state index in [4.69, 9.17) is 4.74 Å². The van der Waals surface area contributed by atoms with Crippen molar-refractivity contribution in [2.24, 2.45) is 5.92 Å². The molecule has 2 nitrogen and oxygen atoms in total. The van der Waals surface area contributed by atoms with Crippen molar-refractivity contribution in [2.45, 2.75) is 81.4 Å². The van der Waals surface area contributed by atoms with Crippen LogP contribution in [0, 0.1) is 5.92 Å². The van der Waals surface area contributed by atoms with Gasteiger partial charge in [0, 0.05) is 17.6 Å². The average molecular weight is 413 g/mol. The zero-order chi connectivity index (χ0) is 19.1. The predicted molar refractivity (Wildman–Crippen MR) is 113 cm³/mol. The number of benzene rings is 1. The Balaban J connectivity index is 1.35. The molecule has 0 saturated carbocycles. The normalized spacial score (nSPS) is 28.9. The molecule has 1 aromatic rings. The zero-order valence-electron chi connectivity index (χ0n) is 16.5. The number of hydrogen-bond acceptors (Lipinski definition) is 2. The molecule has 3 rings (SSSR count). The Morgan fingerprint density at radius 3 is 2.19 bits per heavy atom. The summed E-state index contributed by atoms with van der Waals surface area (Å²) in [5.74, 6) is 1.59. The lowest BCUT2D eigenvalue weighted by molar-refractivity contribution is -0.0498. The van der Waals surface area contributed by atoms with Crippen molar-refractivity contribution in [1.29, 1.82) is 0 Å². The summed E-state index contributed by atoms with van der Waals surface area (Å²) >= 11 is 0. The van der Waals surface area contributed by atoms with Gasteiger partial charge in [0.2, 0.25) is 0 Å². The zero-order valence-corrected chi connectivity index (χ0v) is 18.9. The fourth-order valence-electron chi connectivity index (χ4n) is 5.11. The van der Waals surface area contributed by atoms with Gasteiger partial charge < -0.3 is 9.47 Å². The van der Waals surface area contributed by atoms with Crippen molar-refractivity contribution in [3.05, 3.63) is 24.3 Å². The van der Waals surface area contributed by atoms with Gasteiger partial charge in [-0.3, -0.25) is 0 Å². The lowest BCUT2D eigenvalue weighted by Gasteiger charge is -2.36. The third-order valence-electron chi connectivity index (χ3n) is 6.68. The van der Waals surface area contributed by atoms with Crippen LogP contribution in [-0.2, 0) is 0 Å². The van der Waals surface area contributed by atoms with E-state index in [0.29, 0.717) is 5.92 Å². The van der Waals surface area contributed by atoms with Crippen LogP contribution in [0.1, 0.15) is 39.0 Å². The summed E-state index contributed by atoms with van der Waals surface area (Å²) < 4.78 is 34.6. The van der Waals surface area contributed by atoms with Gasteiger partial charge in [-0.25, -0.2) is 0 Å². The summed E-state index contributed by atoms with van der Waals surface area (Å²) in [4.78, 5) is 0. The number of halogens is 2. The summed E-state index contributed by atoms with van der Waals surface area (Å²) in [6.07, 6.45) is 7.21. The van der Waals surface area contributed by atoms with Crippen LogP contribution in [0.3, 0.4) is 0 Å². The van der Waals surface area contributed by atoms with Crippen LogP contribution in [0.15, 0.2) is 24.3 Å². The minimum absolute atomic E-state index is 0.181. The Labute approximate surface area is 165 Å². The predicted octanol–water partition coefficient (Wildman–Crippen LogP) is 6.11. The maximum Gasteiger partial charge on any atom is 0.387 e. The van der Waals surface area contributed by atoms with Crippen LogP contribution >= 0.6 is 0 Å². The van der Waals surface area contributed by atoms with Gasteiger partial charge in [-0.05, 0) is 48.6 Å². The Morgan fingerprint density at radius 2 is 1.59 bits per heavy atom. The molecule has 27 heavy (non-hydrogen) atoms. The smallest absolute Gasteiger partial charge is 0.387 e. The number of rotatable bonds is 8. The highest BCUT2D eigenvalue weighted by molar-refractivity contribution is 6.63. The van der Waals surface area contributed by atoms with Crippen molar-refractivity contribution in [3.63, 3.8) is 0 Å². The van der Waals surface area contributed by atoms with Gasteiger partial charge >= 0.3 is 6.61 Å². The second-order valence-electron chi connectivity index (χ2n) is 8.51. The lowest BCUT2D eigenvalue weighted by atomic mass is 10.0. The molecule has 6 heteroatoms. The van der Waals surface area contributed by atoms with E-state index >= 15 is 0 Å². The Bertz CT molecular complexity index is 540. The minimum Gasteiger partial charge on any atom is -0.493 e. The highest BCUT2D eigenvalue weighted by atomic mass is 28.3. The van der Waals surface area contributed by atoms with Gasteiger partial charge in [0.25, 0.3) is 0 Å². The highest BCUT2D eigenvalue weighted by Gasteiger charge is 2.32. The molecule has 2 aliphatic rings. The molecule has 2 aliphatic heterocycles. The molecule has 0 aromatic heterocycles. The van der Waals surface area contributed by atoms with Crippen LogP contribution in [-0.4, -0.2) is 30.8 Å². The molecule has 0 atom stereocenters. The summed E-state index contributed by atoms with van der Waals surface area (Å²) in [7, 11) is -0.872. The first-order valence-corrected chi connectivity index (χ1v) is 15.6. The van der Waals surface area contributed by atoms with Crippen molar-refractivity contribution in [3.8, 4) is 11.5 Å². The van der Waals surface area contributed by atoms with E-state index in [9.17, 15) is 8.78 Å². The number of alkyl halides is 2. The van der Waals surface area contributed by atoms with E-state index in [1.54, 1.807) is 55.2 Å². The molecular weight excluding hydrogens is 378 g/mol. The summed E-state index contributed by atoms with van der Waals surface area (Å²) in [5, 5.41) is 0. The largest absolute Gasteiger partial charge is 0.493 e. The number of hydrogen-bond donors (Lipinski definition) is 0. The maximum absolute atomic E-state index is 12.2. The van der Waals surface area contributed by atoms with E-state index in [2.05, 4.69) is 11.7 Å². The maximum atomic E-state index is 12.2. The first-order valence-electron chi connectivity index (χ1n) is 10.8. The number of ether oxygens (including phenoxy) is 2. The van der Waals surface area contributed by atoms with Gasteiger partial charge in [0.15, 0.2) is 0 Å². The molecule has 2 heterocycles. The van der Waals surface area contributed by atoms with Crippen LogP contribution < -0.4 is 9.47 Å². The van der Waals surface area contributed by atoms with Crippen molar-refractivity contribution in [2.75, 3.05) is 6.61 Å². The van der Waals surface area contributed by atoms with Gasteiger partial charge in [0.1, 0.15) is 11.5 Å². The molecule has 0 spiro atoms. The van der Waals surface area contributed by atoms with Crippen LogP contribution in [0.2, 0.25) is 35.8 Å². The molecule has 152 valence electrons. The van der Waals surface area contributed by atoms with Crippen molar-refractivity contribution in [1.82, 2.24) is 0 Å². The second-order valence-corrected chi connectivity index (χ2v) is 15.6. The molecular formula is C21H34F2O2Si2. The van der Waals surface area contributed by atoms with Crippen LogP contribution in [0.5, 0.6) is 11.5 Å². The fraction of sp³-hybridized carbons (Fsp3) is 0.714. The minimum atomic E-state index is -2.78. The van der Waals surface area contributed by atoms with E-state index in [-0.39, 0.29) is 14.5 Å². The summed E-state index contributed by atoms with van der Waals surface area (Å²) in [6.45, 7) is 0.329. The molecule has 0 N–H and O–H groups in total. The van der Waals surface area contributed by atoms with Crippen LogP contribution in [0.25, 0.3) is 0 Å². The van der Waals surface area contributed by atoms with Crippen LogP contribution in [0.4, 0.5) is 8.78 Å². The SMILES string of the molecule is CCC[SiH]1CCC([SiH]2CCC(COc3ccc(OC(F)F)cc3)CC2)CC1. The Morgan fingerprint density at radius 1 is 0.963 bits per heavy atom. The Kier molecular flexibility index (Phi) is 8.18. The van der Waals surface area contributed by atoms with E-state index < -0.39 is 15.4 Å². The standard InChI is InChI=1S/C21H34F2O2Si2/c1-2-11-26-12-9-20(10-13-26)27-14-7-17(8-15-27)16-24-18-3-5-19(6-4-18)25-21(22)23/h3-6,17,20-21,26-27H,2,7-16H2,1H3. The average Bonchev–Trinajstić information content (AvgIpc) is 2.68. The second kappa shape index (κ2) is 10.6. The van der Waals surface area contributed by atoms with E-state index in [1.807, 2.05) is 0 Å². The molecule has 0 unspecified atom stereocenters. The first kappa shape index (κ1) is 20.8. The molecule has 0 aliphatic carbocycles. The topological polar surface area (TPSA) is 18.5 Å². The summed E-state index contributed by atoms with van der Waals surface area (Å²) in [6, 6.07) is 14.4. The third-order valence-corrected chi connectivity index (χ3v) is 14.5. The van der Waals surface area contributed by atoms with Gasteiger partial charge in [-0.2, -0.15) is 8.78 Å². The summed E-state index contributed by atoms with van der Waals surface area (Å²) in [5.41, 5.74) is 1.13. The molecule has 2 saturated heterocycles. The van der Waals surface area contributed by atoms with E-state index in [0.717, 1.165) is 17.9 Å². The van der Waals surface area contributed by atoms with Gasteiger partial charge in [-0.1, -0.05) is 56.4 Å². The quantitative estimate of drug-likeness (QED) is 0.480. The third kappa shape index (κ3) is 6.59. The molecule has 1 aromatic carbocycles. The fourth-order valence-corrected chi connectivity index (χ4v) is 13.7. The lowest BCUT2D eigenvalue weighted by Crippen LogP contribution is -2.32. The van der Waals surface area contributed by atoms with Crippen molar-refractivity contribution < 1.29 is 18.3 Å². The van der Waals surface area contributed by atoms with Crippen molar-refractivity contribution >= 4 is 17.6 Å². The van der Waals surface area contributed by atoms with Gasteiger partial charge in [-0.15, -0.1) is 0 Å². The first-order chi connectivity index (χ1) is 13.1. The molecule has 0 bridgehead atoms. The monoisotopic (exact) mass is 412 g/mol. The molecule has 0 amide bonds. The van der Waals surface area contributed by atoms with E-state index in [1.165, 1.54) is 31.4 Å².